The third kappa shape index (κ3) is 4.95. The van der Waals surface area contributed by atoms with Gasteiger partial charge < -0.3 is 10.2 Å². The number of benzene rings is 2. The number of carbonyl (C=O) groups excluding carboxylic acids is 2. The number of anilines is 2. The average Bonchev–Trinajstić information content (AvgIpc) is 2.52. The van der Waals surface area contributed by atoms with E-state index in [1.165, 1.54) is 24.3 Å². The lowest BCUT2D eigenvalue weighted by molar-refractivity contribution is -0.137. The Bertz CT molecular complexity index is 840. The summed E-state index contributed by atoms with van der Waals surface area (Å²) in [6, 6.07) is 7.96. The van der Waals surface area contributed by atoms with Gasteiger partial charge in [0.1, 0.15) is 12.4 Å². The molecule has 2 aromatic carbocycles. The van der Waals surface area contributed by atoms with E-state index in [-0.39, 0.29) is 11.4 Å². The second-order valence-corrected chi connectivity index (χ2v) is 5.73. The number of halogens is 5. The predicted molar refractivity (Wildman–Crippen MR) is 89.5 cm³/mol. The molecule has 0 radical (unpaired) electrons. The molecule has 0 bridgehead atoms. The fraction of sp³-hybridized carbons (Fsp3) is 0.176. The van der Waals surface area contributed by atoms with Crippen LogP contribution in [0.1, 0.15) is 12.5 Å². The van der Waals surface area contributed by atoms with Crippen molar-refractivity contribution < 1.29 is 27.2 Å². The number of nitrogens with one attached hydrogen (secondary N) is 1. The summed E-state index contributed by atoms with van der Waals surface area (Å²) in [6.45, 7) is 0.558. The normalized spacial score (nSPS) is 11.2. The first-order valence-electron chi connectivity index (χ1n) is 7.28. The fourth-order valence-corrected chi connectivity index (χ4v) is 2.42. The van der Waals surface area contributed by atoms with Crippen molar-refractivity contribution in [2.75, 3.05) is 16.8 Å². The molecule has 0 atom stereocenters. The van der Waals surface area contributed by atoms with E-state index in [4.69, 9.17) is 11.6 Å². The summed E-state index contributed by atoms with van der Waals surface area (Å²) in [4.78, 5) is 24.8. The molecule has 2 rings (SSSR count). The Morgan fingerprint density at radius 2 is 1.85 bits per heavy atom. The Morgan fingerprint density at radius 1 is 1.15 bits per heavy atom. The summed E-state index contributed by atoms with van der Waals surface area (Å²) >= 11 is 5.55. The van der Waals surface area contributed by atoms with Crippen molar-refractivity contribution in [3.05, 3.63) is 58.9 Å². The Morgan fingerprint density at radius 3 is 2.42 bits per heavy atom. The molecule has 0 aliphatic heterocycles. The first kappa shape index (κ1) is 19.7. The molecule has 0 fully saturated rings. The molecule has 0 heterocycles. The van der Waals surface area contributed by atoms with Crippen LogP contribution < -0.4 is 10.2 Å². The quantitative estimate of drug-likeness (QED) is 0.784. The van der Waals surface area contributed by atoms with Gasteiger partial charge >= 0.3 is 6.18 Å². The molecular formula is C17H13ClF4N2O2. The molecule has 0 aliphatic carbocycles. The lowest BCUT2D eigenvalue weighted by Crippen LogP contribution is -2.36. The SMILES string of the molecule is CC(=O)N(CC(=O)Nc1cccc(F)c1)c1ccc(Cl)c(C(F)(F)F)c1. The molecule has 4 nitrogen and oxygen atoms in total. The molecule has 0 saturated heterocycles. The highest BCUT2D eigenvalue weighted by Crippen LogP contribution is 2.37. The van der Waals surface area contributed by atoms with Gasteiger partial charge in [-0.1, -0.05) is 17.7 Å². The van der Waals surface area contributed by atoms with Crippen molar-refractivity contribution in [3.8, 4) is 0 Å². The molecular weight excluding hydrogens is 376 g/mol. The first-order chi connectivity index (χ1) is 12.1. The Labute approximate surface area is 151 Å². The van der Waals surface area contributed by atoms with E-state index >= 15 is 0 Å². The largest absolute Gasteiger partial charge is 0.417 e. The van der Waals surface area contributed by atoms with Crippen molar-refractivity contribution in [1.82, 2.24) is 0 Å². The summed E-state index contributed by atoms with van der Waals surface area (Å²) in [6.07, 6.45) is -4.71. The zero-order valence-corrected chi connectivity index (χ0v) is 14.2. The van der Waals surface area contributed by atoms with Gasteiger partial charge in [0, 0.05) is 18.3 Å². The Hall–Kier alpha value is -2.61. The summed E-state index contributed by atoms with van der Waals surface area (Å²) in [5, 5.41) is 1.85. The average molecular weight is 389 g/mol. The maximum Gasteiger partial charge on any atom is 0.417 e. The van der Waals surface area contributed by atoms with E-state index in [0.717, 1.165) is 24.0 Å². The van der Waals surface area contributed by atoms with Crippen LogP contribution in [-0.4, -0.2) is 18.4 Å². The molecule has 138 valence electrons. The number of hydrogen-bond acceptors (Lipinski definition) is 2. The predicted octanol–water partition coefficient (Wildman–Crippen LogP) is 4.49. The van der Waals surface area contributed by atoms with Crippen molar-refractivity contribution in [1.29, 1.82) is 0 Å². The monoisotopic (exact) mass is 388 g/mol. The molecule has 2 aromatic rings. The second-order valence-electron chi connectivity index (χ2n) is 5.33. The Balaban J connectivity index is 2.24. The van der Waals surface area contributed by atoms with Crippen molar-refractivity contribution in [2.24, 2.45) is 0 Å². The maximum absolute atomic E-state index is 13.1. The van der Waals surface area contributed by atoms with E-state index in [1.807, 2.05) is 0 Å². The van der Waals surface area contributed by atoms with Crippen LogP contribution in [0.15, 0.2) is 42.5 Å². The van der Waals surface area contributed by atoms with Crippen molar-refractivity contribution >= 4 is 34.8 Å². The molecule has 26 heavy (non-hydrogen) atoms. The third-order valence-electron chi connectivity index (χ3n) is 3.36. The first-order valence-corrected chi connectivity index (χ1v) is 7.66. The van der Waals surface area contributed by atoms with E-state index in [0.29, 0.717) is 6.07 Å². The standard InChI is InChI=1S/C17H13ClF4N2O2/c1-10(25)24(9-16(26)23-12-4-2-3-11(19)7-12)13-5-6-15(18)14(8-13)17(20,21)22/h2-8H,9H2,1H3,(H,23,26). The third-order valence-corrected chi connectivity index (χ3v) is 3.69. The Kier molecular flexibility index (Phi) is 5.86. The van der Waals surface area contributed by atoms with Crippen LogP contribution >= 0.6 is 11.6 Å². The van der Waals surface area contributed by atoms with Gasteiger partial charge in [-0.3, -0.25) is 9.59 Å². The molecule has 0 spiro atoms. The molecule has 0 aliphatic rings. The topological polar surface area (TPSA) is 49.4 Å². The summed E-state index contributed by atoms with van der Waals surface area (Å²) < 4.78 is 52.1. The maximum atomic E-state index is 13.1. The summed E-state index contributed by atoms with van der Waals surface area (Å²) in [7, 11) is 0. The molecule has 0 unspecified atom stereocenters. The number of alkyl halides is 3. The van der Waals surface area contributed by atoms with Gasteiger partial charge in [0.2, 0.25) is 11.8 Å². The number of rotatable bonds is 4. The minimum Gasteiger partial charge on any atom is -0.324 e. The number of carbonyl (C=O) groups is 2. The van der Waals surface area contributed by atoms with Gasteiger partial charge in [-0.2, -0.15) is 13.2 Å². The highest BCUT2D eigenvalue weighted by atomic mass is 35.5. The molecule has 1 N–H and O–H groups in total. The second kappa shape index (κ2) is 7.74. The minimum absolute atomic E-state index is 0.136. The van der Waals surface area contributed by atoms with Crippen LogP contribution in [0.4, 0.5) is 28.9 Å². The fourth-order valence-electron chi connectivity index (χ4n) is 2.19. The molecule has 9 heteroatoms. The van der Waals surface area contributed by atoms with Crippen LogP contribution in [-0.2, 0) is 15.8 Å². The highest BCUT2D eigenvalue weighted by Gasteiger charge is 2.34. The molecule has 0 aromatic heterocycles. The summed E-state index contributed by atoms with van der Waals surface area (Å²) in [5.74, 6) is -1.91. The van der Waals surface area contributed by atoms with Gasteiger partial charge in [-0.15, -0.1) is 0 Å². The zero-order chi connectivity index (χ0) is 19.5. The lowest BCUT2D eigenvalue weighted by Gasteiger charge is -2.22. The van der Waals surface area contributed by atoms with Gasteiger partial charge in [0.15, 0.2) is 0 Å². The zero-order valence-electron chi connectivity index (χ0n) is 13.4. The van der Waals surface area contributed by atoms with Crippen molar-refractivity contribution in [2.45, 2.75) is 13.1 Å². The van der Waals surface area contributed by atoms with Crippen LogP contribution in [0.25, 0.3) is 0 Å². The number of nitrogens with zero attached hydrogens (tertiary/aromatic N) is 1. The van der Waals surface area contributed by atoms with E-state index in [9.17, 15) is 27.2 Å². The van der Waals surface area contributed by atoms with Gasteiger partial charge in [0.05, 0.1) is 10.6 Å². The van der Waals surface area contributed by atoms with E-state index in [2.05, 4.69) is 5.32 Å². The molecule has 2 amide bonds. The van der Waals surface area contributed by atoms with E-state index < -0.39 is 40.9 Å². The van der Waals surface area contributed by atoms with Crippen LogP contribution in [0.5, 0.6) is 0 Å². The van der Waals surface area contributed by atoms with Crippen LogP contribution in [0.2, 0.25) is 5.02 Å². The van der Waals surface area contributed by atoms with Gasteiger partial charge in [0.25, 0.3) is 0 Å². The van der Waals surface area contributed by atoms with Gasteiger partial charge in [-0.05, 0) is 36.4 Å². The number of amides is 2. The van der Waals surface area contributed by atoms with Crippen LogP contribution in [0, 0.1) is 5.82 Å². The molecule has 0 saturated carbocycles. The van der Waals surface area contributed by atoms with Gasteiger partial charge in [-0.25, -0.2) is 4.39 Å². The number of hydrogen-bond donors (Lipinski definition) is 1. The van der Waals surface area contributed by atoms with Crippen molar-refractivity contribution in [3.63, 3.8) is 0 Å². The lowest BCUT2D eigenvalue weighted by atomic mass is 10.1. The minimum atomic E-state index is -4.71. The smallest absolute Gasteiger partial charge is 0.324 e. The highest BCUT2D eigenvalue weighted by molar-refractivity contribution is 6.31. The van der Waals surface area contributed by atoms with E-state index in [1.54, 1.807) is 0 Å². The van der Waals surface area contributed by atoms with Crippen LogP contribution in [0.3, 0.4) is 0 Å². The summed E-state index contributed by atoms with van der Waals surface area (Å²) in [5.41, 5.74) is -1.09.